The van der Waals surface area contributed by atoms with Gasteiger partial charge < -0.3 is 15.4 Å². The van der Waals surface area contributed by atoms with Crippen molar-refractivity contribution in [2.24, 2.45) is 11.7 Å². The molecule has 11 heteroatoms. The number of benzene rings is 3. The predicted molar refractivity (Wildman–Crippen MR) is 164 cm³/mol. The monoisotopic (exact) mass is 675 g/mol. The number of hydrogen-bond acceptors (Lipinski definition) is 5. The van der Waals surface area contributed by atoms with Crippen molar-refractivity contribution < 1.29 is 26.7 Å². The van der Waals surface area contributed by atoms with Crippen molar-refractivity contribution in [3.63, 3.8) is 0 Å². The lowest BCUT2D eigenvalue weighted by Crippen LogP contribution is -2.60. The van der Waals surface area contributed by atoms with Gasteiger partial charge in [-0.25, -0.2) is 8.42 Å². The van der Waals surface area contributed by atoms with E-state index in [1.54, 1.807) is 24.3 Å². The molecule has 3 atom stereocenters. The van der Waals surface area contributed by atoms with Gasteiger partial charge >= 0.3 is 0 Å². The van der Waals surface area contributed by atoms with Crippen molar-refractivity contribution in [2.75, 3.05) is 6.61 Å². The van der Waals surface area contributed by atoms with Crippen molar-refractivity contribution in [2.45, 2.75) is 86.4 Å². The molecule has 3 N–H and O–H groups in total. The Morgan fingerprint density at radius 3 is 2.28 bits per heavy atom. The van der Waals surface area contributed by atoms with Crippen LogP contribution in [0.25, 0.3) is 10.8 Å². The summed E-state index contributed by atoms with van der Waals surface area (Å²) in [6.07, 6.45) is 6.90. The fourth-order valence-electron chi connectivity index (χ4n) is 6.93. The first-order chi connectivity index (χ1) is 20.5. The topological polar surface area (TPSA) is 102 Å². The summed E-state index contributed by atoms with van der Waals surface area (Å²) >= 11 is 3.39. The number of amides is 1. The molecule has 2 unspecified atom stereocenters. The number of carbonyl (C=O) groups is 1. The highest BCUT2D eigenvalue weighted by Crippen LogP contribution is 2.40. The first kappa shape index (κ1) is 30.4. The van der Waals surface area contributed by atoms with Gasteiger partial charge in [-0.1, -0.05) is 47.0 Å². The molecule has 230 valence electrons. The molecule has 7 nitrogen and oxygen atoms in total. The molecular weight excluding hydrogens is 640 g/mol. The smallest absolute Gasteiger partial charge is 0.298 e. The summed E-state index contributed by atoms with van der Waals surface area (Å²) in [4.78, 5) is 15.3. The Bertz CT molecular complexity index is 1580. The quantitative estimate of drug-likeness (QED) is 0.286. The Labute approximate surface area is 259 Å². The number of rotatable bonds is 9. The van der Waals surface area contributed by atoms with Crippen molar-refractivity contribution in [3.05, 3.63) is 70.7 Å². The predicted octanol–water partition coefficient (Wildman–Crippen LogP) is 6.09. The third-order valence-electron chi connectivity index (χ3n) is 9.19. The molecule has 2 bridgehead atoms. The Balaban J connectivity index is 1.30. The molecule has 1 saturated carbocycles. The molecule has 2 saturated heterocycles. The van der Waals surface area contributed by atoms with E-state index < -0.39 is 33.5 Å². The number of sulfonamides is 1. The molecule has 0 spiro atoms. The van der Waals surface area contributed by atoms with Crippen LogP contribution in [0.5, 0.6) is 5.75 Å². The van der Waals surface area contributed by atoms with Crippen LogP contribution in [0.1, 0.15) is 56.9 Å². The summed E-state index contributed by atoms with van der Waals surface area (Å²) in [5.74, 6) is -3.79. The van der Waals surface area contributed by atoms with Gasteiger partial charge in [0.1, 0.15) is 5.75 Å². The Hall–Kier alpha value is -2.60. The summed E-state index contributed by atoms with van der Waals surface area (Å²) in [6.45, 7) is 0.553. The Morgan fingerprint density at radius 2 is 1.60 bits per heavy atom. The normalized spacial score (nSPS) is 23.5. The van der Waals surface area contributed by atoms with E-state index in [2.05, 4.69) is 20.7 Å². The van der Waals surface area contributed by atoms with Gasteiger partial charge in [-0.2, -0.15) is 13.5 Å². The van der Waals surface area contributed by atoms with E-state index >= 15 is 8.78 Å². The number of nitrogens with two attached hydrogens (primary N) is 1. The zero-order valence-corrected chi connectivity index (χ0v) is 26.1. The molecule has 2 heterocycles. The average molecular weight is 677 g/mol. The number of halogens is 3. The fraction of sp³-hybridized carbons (Fsp3) is 0.469. The molecule has 1 amide bonds. The number of fused-ring (bicyclic) bond motifs is 3. The van der Waals surface area contributed by atoms with Gasteiger partial charge in [0.25, 0.3) is 5.92 Å². The van der Waals surface area contributed by atoms with E-state index in [-0.39, 0.29) is 23.0 Å². The minimum atomic E-state index is -4.52. The maximum atomic E-state index is 16.5. The summed E-state index contributed by atoms with van der Waals surface area (Å²) in [5.41, 5.74) is 5.73. The number of hydrogen-bond donors (Lipinski definition) is 2. The molecule has 3 aromatic carbocycles. The summed E-state index contributed by atoms with van der Waals surface area (Å²) in [6, 6.07) is 12.0. The van der Waals surface area contributed by atoms with Crippen molar-refractivity contribution in [3.8, 4) is 5.75 Å². The van der Waals surface area contributed by atoms with Crippen LogP contribution >= 0.6 is 15.9 Å². The van der Waals surface area contributed by atoms with Crippen LogP contribution in [0, 0.1) is 5.92 Å². The maximum Gasteiger partial charge on any atom is 0.298 e. The van der Waals surface area contributed by atoms with E-state index in [0.29, 0.717) is 49.3 Å². The van der Waals surface area contributed by atoms with Gasteiger partial charge in [-0.05, 0) is 97.7 Å². The van der Waals surface area contributed by atoms with Crippen molar-refractivity contribution >= 4 is 42.6 Å². The van der Waals surface area contributed by atoms with Gasteiger partial charge in [-0.15, -0.1) is 0 Å². The number of nitrogens with one attached hydrogen (secondary N) is 1. The van der Waals surface area contributed by atoms with E-state index in [9.17, 15) is 13.2 Å². The fourth-order valence-corrected chi connectivity index (χ4v) is 8.50. The highest BCUT2D eigenvalue weighted by molar-refractivity contribution is 9.10. The zero-order valence-electron chi connectivity index (χ0n) is 23.7. The zero-order chi connectivity index (χ0) is 30.4. The van der Waals surface area contributed by atoms with E-state index in [1.807, 2.05) is 0 Å². The molecule has 0 radical (unpaired) electrons. The number of carbonyl (C=O) groups excluding carboxylic acids is 1. The molecular formula is C32H36BrF2N3O4S. The molecule has 6 rings (SSSR count). The van der Waals surface area contributed by atoms with Crippen LogP contribution in [0.2, 0.25) is 0 Å². The van der Waals surface area contributed by atoms with Crippen LogP contribution in [-0.4, -0.2) is 50.0 Å². The van der Waals surface area contributed by atoms with Crippen LogP contribution in [0.4, 0.5) is 8.78 Å². The van der Waals surface area contributed by atoms with Gasteiger partial charge in [0, 0.05) is 28.2 Å². The average Bonchev–Trinajstić information content (AvgIpc) is 3.60. The van der Waals surface area contributed by atoms with Gasteiger partial charge in [0.2, 0.25) is 15.9 Å². The summed E-state index contributed by atoms with van der Waals surface area (Å²) < 4.78 is 69.0. The molecule has 3 fully saturated rings. The van der Waals surface area contributed by atoms with Gasteiger partial charge in [0.15, 0.2) is 6.04 Å². The van der Waals surface area contributed by atoms with E-state index in [4.69, 9.17) is 10.5 Å². The largest absolute Gasteiger partial charge is 0.493 e. The van der Waals surface area contributed by atoms with Crippen LogP contribution < -0.4 is 15.2 Å². The van der Waals surface area contributed by atoms with Gasteiger partial charge in [-0.3, -0.25) is 4.79 Å². The number of nitrogens with zero attached hydrogens (tertiary/aromatic N) is 1. The molecule has 2 aliphatic heterocycles. The summed E-state index contributed by atoms with van der Waals surface area (Å²) in [5, 5.41) is 1.28. The SMILES string of the molecule is NC1CC2CCC(C1)N2C(=O)[C@H](NS(=O)(=O)c1ccc(OCC2CCCC2)cc1)C(F)(F)c1ccc2cc(Br)ccc2c1. The molecule has 0 aromatic heterocycles. The highest BCUT2D eigenvalue weighted by Gasteiger charge is 2.53. The molecule has 1 aliphatic carbocycles. The highest BCUT2D eigenvalue weighted by atomic mass is 79.9. The van der Waals surface area contributed by atoms with Gasteiger partial charge in [0.05, 0.1) is 11.5 Å². The minimum Gasteiger partial charge on any atom is -0.493 e. The van der Waals surface area contributed by atoms with Crippen LogP contribution in [0.15, 0.2) is 70.0 Å². The second-order valence-electron chi connectivity index (χ2n) is 12.2. The number of alkyl halides is 2. The lowest BCUT2D eigenvalue weighted by Gasteiger charge is -2.41. The first-order valence-corrected chi connectivity index (χ1v) is 17.2. The standard InChI is InChI=1S/C32H36BrF2N3O4S/c33-24-8-6-21-15-23(7-5-22(21)16-24)32(34,35)30(31(39)38-26-9-10-27(38)18-25(36)17-26)37-43(40,41)29-13-11-28(12-14-29)42-19-20-3-1-2-4-20/h5-8,11-16,20,25-27,30,37H,1-4,9-10,17-19,36H2/t25?,26?,27?,30-/m0/s1. The van der Waals surface area contributed by atoms with Crippen molar-refractivity contribution in [1.29, 1.82) is 0 Å². The lowest BCUT2D eigenvalue weighted by atomic mass is 9.94. The lowest BCUT2D eigenvalue weighted by molar-refractivity contribution is -0.148. The third kappa shape index (κ3) is 6.32. The minimum absolute atomic E-state index is 0.119. The molecule has 3 aromatic rings. The molecule has 3 aliphatic rings. The van der Waals surface area contributed by atoms with Crippen LogP contribution in [0.3, 0.4) is 0 Å². The maximum absolute atomic E-state index is 16.5. The second kappa shape index (κ2) is 12.1. The Morgan fingerprint density at radius 1 is 0.977 bits per heavy atom. The second-order valence-corrected chi connectivity index (χ2v) is 14.8. The van der Waals surface area contributed by atoms with E-state index in [1.165, 1.54) is 54.1 Å². The first-order valence-electron chi connectivity index (χ1n) is 14.9. The van der Waals surface area contributed by atoms with E-state index in [0.717, 1.165) is 22.7 Å². The molecule has 43 heavy (non-hydrogen) atoms. The number of ether oxygens (including phenoxy) is 1. The Kier molecular flexibility index (Phi) is 8.54. The number of piperidine rings is 1. The van der Waals surface area contributed by atoms with Crippen molar-refractivity contribution in [1.82, 2.24) is 9.62 Å². The van der Waals surface area contributed by atoms with Crippen LogP contribution in [-0.2, 0) is 20.7 Å². The summed E-state index contributed by atoms with van der Waals surface area (Å²) in [7, 11) is -4.52. The third-order valence-corrected chi connectivity index (χ3v) is 11.1.